The van der Waals surface area contributed by atoms with E-state index in [1.807, 2.05) is 0 Å². The van der Waals surface area contributed by atoms with Gasteiger partial charge in [-0.15, -0.1) is 0 Å². The van der Waals surface area contributed by atoms with Crippen LogP contribution in [0.3, 0.4) is 0 Å². The molecule has 0 N–H and O–H groups in total. The zero-order valence-electron chi connectivity index (χ0n) is 9.56. The number of hydrogen-bond acceptors (Lipinski definition) is 1. The van der Waals surface area contributed by atoms with Crippen molar-refractivity contribution >= 4 is 15.9 Å². The standard InChI is InChI=1S/C11H19BrF3N/c1-9(12)10-3-7-16(8-4-10)6-2-5-11(13,14)15/h9-10H,2-8H2,1H3. The van der Waals surface area contributed by atoms with Gasteiger partial charge >= 0.3 is 6.18 Å². The SMILES string of the molecule is CC(Br)C1CCN(CCCC(F)(F)F)CC1. The summed E-state index contributed by atoms with van der Waals surface area (Å²) in [6.07, 6.45) is -2.22. The second-order valence-corrected chi connectivity index (χ2v) is 6.02. The van der Waals surface area contributed by atoms with Gasteiger partial charge in [0.05, 0.1) is 0 Å². The van der Waals surface area contributed by atoms with E-state index in [-0.39, 0.29) is 6.42 Å². The maximum Gasteiger partial charge on any atom is 0.389 e. The van der Waals surface area contributed by atoms with Crippen LogP contribution in [0.25, 0.3) is 0 Å². The highest BCUT2D eigenvalue weighted by atomic mass is 79.9. The zero-order chi connectivity index (χ0) is 12.2. The summed E-state index contributed by atoms with van der Waals surface area (Å²) < 4.78 is 35.9. The van der Waals surface area contributed by atoms with Crippen LogP contribution in [0.4, 0.5) is 13.2 Å². The van der Waals surface area contributed by atoms with Crippen LogP contribution >= 0.6 is 15.9 Å². The molecule has 1 atom stereocenters. The second-order valence-electron chi connectivity index (χ2n) is 4.58. The fourth-order valence-electron chi connectivity index (χ4n) is 2.14. The van der Waals surface area contributed by atoms with Gasteiger partial charge in [-0.3, -0.25) is 0 Å². The van der Waals surface area contributed by atoms with Gasteiger partial charge in [0.25, 0.3) is 0 Å². The maximum atomic E-state index is 12.0. The Morgan fingerprint density at radius 2 is 1.88 bits per heavy atom. The molecule has 0 spiro atoms. The molecular formula is C11H19BrF3N. The molecule has 0 bridgehead atoms. The molecule has 96 valence electrons. The maximum absolute atomic E-state index is 12.0. The Kier molecular flexibility index (Phi) is 5.57. The van der Waals surface area contributed by atoms with Crippen molar-refractivity contribution in [3.05, 3.63) is 0 Å². The fourth-order valence-corrected chi connectivity index (χ4v) is 2.67. The van der Waals surface area contributed by atoms with E-state index in [0.717, 1.165) is 25.9 Å². The summed E-state index contributed by atoms with van der Waals surface area (Å²) >= 11 is 3.57. The van der Waals surface area contributed by atoms with Crippen molar-refractivity contribution < 1.29 is 13.2 Å². The Labute approximate surface area is 104 Å². The second kappa shape index (κ2) is 6.24. The van der Waals surface area contributed by atoms with E-state index in [1.165, 1.54) is 0 Å². The van der Waals surface area contributed by atoms with Crippen LogP contribution in [0.5, 0.6) is 0 Å². The van der Waals surface area contributed by atoms with Gasteiger partial charge in [-0.2, -0.15) is 13.2 Å². The Morgan fingerprint density at radius 1 is 1.31 bits per heavy atom. The molecule has 1 heterocycles. The number of piperidine rings is 1. The number of nitrogens with zero attached hydrogens (tertiary/aromatic N) is 1. The van der Waals surface area contributed by atoms with Crippen LogP contribution in [-0.2, 0) is 0 Å². The van der Waals surface area contributed by atoms with Crippen molar-refractivity contribution in [3.8, 4) is 0 Å². The molecule has 16 heavy (non-hydrogen) atoms. The molecule has 5 heteroatoms. The molecule has 0 saturated carbocycles. The Balaban J connectivity index is 2.13. The third-order valence-corrected chi connectivity index (χ3v) is 3.96. The van der Waals surface area contributed by atoms with Gasteiger partial charge in [0, 0.05) is 11.2 Å². The van der Waals surface area contributed by atoms with Crippen LogP contribution in [0, 0.1) is 5.92 Å². The first kappa shape index (κ1) is 14.3. The van der Waals surface area contributed by atoms with E-state index in [4.69, 9.17) is 0 Å². The topological polar surface area (TPSA) is 3.24 Å². The first-order valence-electron chi connectivity index (χ1n) is 5.81. The quantitative estimate of drug-likeness (QED) is 0.714. The summed E-state index contributed by atoms with van der Waals surface area (Å²) in [5, 5.41) is 0. The van der Waals surface area contributed by atoms with Gasteiger partial charge < -0.3 is 4.90 Å². The highest BCUT2D eigenvalue weighted by Crippen LogP contribution is 2.26. The summed E-state index contributed by atoms with van der Waals surface area (Å²) in [4.78, 5) is 2.67. The summed E-state index contributed by atoms with van der Waals surface area (Å²) in [6.45, 7) is 4.61. The van der Waals surface area contributed by atoms with Gasteiger partial charge in [-0.25, -0.2) is 0 Å². The lowest BCUT2D eigenvalue weighted by atomic mass is 9.94. The van der Waals surface area contributed by atoms with E-state index >= 15 is 0 Å². The number of alkyl halides is 4. The fraction of sp³-hybridized carbons (Fsp3) is 1.00. The van der Waals surface area contributed by atoms with Crippen LogP contribution in [-0.4, -0.2) is 35.5 Å². The van der Waals surface area contributed by atoms with E-state index in [9.17, 15) is 13.2 Å². The van der Waals surface area contributed by atoms with E-state index in [2.05, 4.69) is 27.8 Å². The minimum absolute atomic E-state index is 0.234. The minimum Gasteiger partial charge on any atom is -0.303 e. The van der Waals surface area contributed by atoms with Crippen molar-refractivity contribution in [2.75, 3.05) is 19.6 Å². The molecule has 1 nitrogen and oxygen atoms in total. The Bertz CT molecular complexity index is 198. The van der Waals surface area contributed by atoms with Crippen LogP contribution in [0.15, 0.2) is 0 Å². The molecule has 0 aromatic carbocycles. The summed E-state index contributed by atoms with van der Waals surface area (Å²) in [5.41, 5.74) is 0. The highest BCUT2D eigenvalue weighted by Gasteiger charge is 2.27. The first-order chi connectivity index (χ1) is 7.38. The third kappa shape index (κ3) is 5.53. The van der Waals surface area contributed by atoms with Gasteiger partial charge in [-0.05, 0) is 44.8 Å². The smallest absolute Gasteiger partial charge is 0.303 e. The largest absolute Gasteiger partial charge is 0.389 e. The predicted octanol–water partition coefficient (Wildman–Crippen LogP) is 3.82. The van der Waals surface area contributed by atoms with Crippen LogP contribution in [0.2, 0.25) is 0 Å². The van der Waals surface area contributed by atoms with Crippen molar-refractivity contribution in [2.24, 2.45) is 5.92 Å². The number of halogens is 4. The molecule has 1 saturated heterocycles. The average molecular weight is 302 g/mol. The van der Waals surface area contributed by atoms with Crippen molar-refractivity contribution in [1.29, 1.82) is 0 Å². The van der Waals surface area contributed by atoms with E-state index < -0.39 is 12.6 Å². The summed E-state index contributed by atoms with van der Waals surface area (Å²) in [6, 6.07) is 0. The van der Waals surface area contributed by atoms with Crippen molar-refractivity contribution in [1.82, 2.24) is 4.90 Å². The molecule has 0 radical (unpaired) electrons. The highest BCUT2D eigenvalue weighted by molar-refractivity contribution is 9.09. The molecule has 1 aliphatic heterocycles. The van der Waals surface area contributed by atoms with E-state index in [0.29, 0.717) is 17.3 Å². The third-order valence-electron chi connectivity index (χ3n) is 3.22. The molecule has 0 aromatic rings. The normalized spacial score (nSPS) is 22.3. The molecule has 1 rings (SSSR count). The summed E-state index contributed by atoms with van der Waals surface area (Å²) in [7, 11) is 0. The lowest BCUT2D eigenvalue weighted by molar-refractivity contribution is -0.136. The van der Waals surface area contributed by atoms with Gasteiger partial charge in [0.1, 0.15) is 0 Å². The monoisotopic (exact) mass is 301 g/mol. The molecule has 1 aliphatic rings. The zero-order valence-corrected chi connectivity index (χ0v) is 11.1. The van der Waals surface area contributed by atoms with Crippen LogP contribution < -0.4 is 0 Å². The van der Waals surface area contributed by atoms with Crippen molar-refractivity contribution in [3.63, 3.8) is 0 Å². The lowest BCUT2D eigenvalue weighted by Crippen LogP contribution is -2.36. The molecular weight excluding hydrogens is 283 g/mol. The Hall–Kier alpha value is 0.230. The first-order valence-corrected chi connectivity index (χ1v) is 6.73. The van der Waals surface area contributed by atoms with Gasteiger partial charge in [0.2, 0.25) is 0 Å². The molecule has 0 aliphatic carbocycles. The number of hydrogen-bond donors (Lipinski definition) is 0. The average Bonchev–Trinajstić information content (AvgIpc) is 2.16. The van der Waals surface area contributed by atoms with Gasteiger partial charge in [0.15, 0.2) is 0 Å². The number of rotatable bonds is 4. The molecule has 0 amide bonds. The number of likely N-dealkylation sites (tertiary alicyclic amines) is 1. The lowest BCUT2D eigenvalue weighted by Gasteiger charge is -2.33. The van der Waals surface area contributed by atoms with Gasteiger partial charge in [-0.1, -0.05) is 22.9 Å². The molecule has 1 fully saturated rings. The molecule has 1 unspecified atom stereocenters. The predicted molar refractivity (Wildman–Crippen MR) is 62.8 cm³/mol. The van der Waals surface area contributed by atoms with Crippen LogP contribution in [0.1, 0.15) is 32.6 Å². The van der Waals surface area contributed by atoms with E-state index in [1.54, 1.807) is 0 Å². The van der Waals surface area contributed by atoms with Crippen molar-refractivity contribution in [2.45, 2.75) is 43.6 Å². The summed E-state index contributed by atoms with van der Waals surface area (Å²) in [5.74, 6) is 0.680. The molecule has 0 aromatic heterocycles. The Morgan fingerprint density at radius 3 is 2.31 bits per heavy atom. The minimum atomic E-state index is -4.00.